The number of para-hydroxylation sites is 1. The van der Waals surface area contributed by atoms with Crippen molar-refractivity contribution in [3.63, 3.8) is 0 Å². The maximum Gasteiger partial charge on any atom is 0.258 e. The van der Waals surface area contributed by atoms with Gasteiger partial charge in [0, 0.05) is 12.8 Å². The van der Waals surface area contributed by atoms with Crippen LogP contribution in [0.3, 0.4) is 0 Å². The lowest BCUT2D eigenvalue weighted by molar-refractivity contribution is -0.124. The van der Waals surface area contributed by atoms with Gasteiger partial charge < -0.3 is 5.32 Å². The van der Waals surface area contributed by atoms with E-state index in [1.54, 1.807) is 42.5 Å². The minimum absolute atomic E-state index is 0.0581. The van der Waals surface area contributed by atoms with Gasteiger partial charge in [0.1, 0.15) is 0 Å². The minimum atomic E-state index is -0.517. The molecule has 0 bridgehead atoms. The van der Waals surface area contributed by atoms with Crippen molar-refractivity contribution in [2.45, 2.75) is 12.8 Å². The molecule has 4 N–H and O–H groups in total. The van der Waals surface area contributed by atoms with Gasteiger partial charge in [0.15, 0.2) is 5.11 Å². The first-order valence-electron chi connectivity index (χ1n) is 8.06. The van der Waals surface area contributed by atoms with Crippen molar-refractivity contribution in [1.29, 1.82) is 0 Å². The van der Waals surface area contributed by atoms with E-state index in [4.69, 9.17) is 35.4 Å². The van der Waals surface area contributed by atoms with Crippen molar-refractivity contribution in [2.24, 2.45) is 0 Å². The average Bonchev–Trinajstić information content (AvgIpc) is 2.67. The summed E-state index contributed by atoms with van der Waals surface area (Å²) in [6.45, 7) is 0. The summed E-state index contributed by atoms with van der Waals surface area (Å²) in [6.07, 6.45) is -0.151. The van der Waals surface area contributed by atoms with Gasteiger partial charge in [-0.05, 0) is 36.5 Å². The Bertz CT molecular complexity index is 908. The number of carbonyl (C=O) groups excluding carboxylic acids is 3. The molecule has 0 spiro atoms. The Balaban J connectivity index is 1.71. The summed E-state index contributed by atoms with van der Waals surface area (Å²) in [4.78, 5) is 35.7. The summed E-state index contributed by atoms with van der Waals surface area (Å²) >= 11 is 16.8. The van der Waals surface area contributed by atoms with Crippen LogP contribution in [0.5, 0.6) is 0 Å². The third-order valence-corrected chi connectivity index (χ3v) is 4.25. The average molecular weight is 439 g/mol. The lowest BCUT2D eigenvalue weighted by atomic mass is 10.2. The fraction of sp³-hybridized carbons (Fsp3) is 0.111. The van der Waals surface area contributed by atoms with Gasteiger partial charge in [0.25, 0.3) is 5.91 Å². The van der Waals surface area contributed by atoms with Crippen molar-refractivity contribution in [3.05, 3.63) is 64.1 Å². The fourth-order valence-corrected chi connectivity index (χ4v) is 2.59. The summed E-state index contributed by atoms with van der Waals surface area (Å²) in [5.74, 6) is -1.36. The van der Waals surface area contributed by atoms with Crippen LogP contribution in [-0.4, -0.2) is 22.8 Å². The highest BCUT2D eigenvalue weighted by molar-refractivity contribution is 7.80. The van der Waals surface area contributed by atoms with E-state index in [1.807, 2.05) is 0 Å². The molecule has 0 aliphatic heterocycles. The molecule has 0 heterocycles. The van der Waals surface area contributed by atoms with Crippen molar-refractivity contribution in [3.8, 4) is 0 Å². The van der Waals surface area contributed by atoms with E-state index in [0.29, 0.717) is 10.7 Å². The first kappa shape index (κ1) is 21.6. The number of benzene rings is 2. The second kappa shape index (κ2) is 10.6. The number of amides is 3. The van der Waals surface area contributed by atoms with Crippen molar-refractivity contribution in [1.82, 2.24) is 16.2 Å². The molecule has 2 rings (SSSR count). The fourth-order valence-electron chi connectivity index (χ4n) is 2.04. The van der Waals surface area contributed by atoms with Crippen LogP contribution in [0, 0.1) is 0 Å². The summed E-state index contributed by atoms with van der Waals surface area (Å²) < 4.78 is 0. The monoisotopic (exact) mass is 438 g/mol. The Morgan fingerprint density at radius 2 is 1.43 bits per heavy atom. The van der Waals surface area contributed by atoms with Gasteiger partial charge in [-0.1, -0.05) is 47.5 Å². The number of hydrogen-bond acceptors (Lipinski definition) is 4. The number of nitrogens with one attached hydrogen (secondary N) is 4. The number of rotatable bonds is 5. The third kappa shape index (κ3) is 6.80. The van der Waals surface area contributed by atoms with Gasteiger partial charge in [0.2, 0.25) is 11.8 Å². The Kier molecular flexibility index (Phi) is 8.19. The molecule has 7 nitrogen and oxygen atoms in total. The number of thiocarbonyl (C=S) groups is 1. The van der Waals surface area contributed by atoms with E-state index >= 15 is 0 Å². The maximum atomic E-state index is 12.0. The van der Waals surface area contributed by atoms with Crippen molar-refractivity contribution < 1.29 is 14.4 Å². The molecule has 0 saturated heterocycles. The molecule has 2 aromatic rings. The summed E-state index contributed by atoms with van der Waals surface area (Å²) in [5.41, 5.74) is 5.40. The highest BCUT2D eigenvalue weighted by Crippen LogP contribution is 2.20. The van der Waals surface area contributed by atoms with Crippen LogP contribution in [0.1, 0.15) is 23.2 Å². The molecular weight excluding hydrogens is 423 g/mol. The molecule has 0 fully saturated rings. The molecule has 0 unspecified atom stereocenters. The third-order valence-electron chi connectivity index (χ3n) is 3.39. The van der Waals surface area contributed by atoms with Gasteiger partial charge in [0.05, 0.1) is 21.3 Å². The summed E-state index contributed by atoms with van der Waals surface area (Å²) in [5, 5.41) is 5.56. The quantitative estimate of drug-likeness (QED) is 0.424. The maximum absolute atomic E-state index is 12.0. The Labute approximate surface area is 176 Å². The Morgan fingerprint density at radius 3 is 2.11 bits per heavy atom. The number of carbonyl (C=O) groups is 3. The van der Waals surface area contributed by atoms with Crippen LogP contribution < -0.4 is 21.5 Å². The predicted molar refractivity (Wildman–Crippen MR) is 112 cm³/mol. The summed E-state index contributed by atoms with van der Waals surface area (Å²) in [6, 6.07) is 13.2. The van der Waals surface area contributed by atoms with Crippen molar-refractivity contribution >= 4 is 63.9 Å². The van der Waals surface area contributed by atoms with Crippen LogP contribution >= 0.6 is 35.4 Å². The molecule has 0 aliphatic carbocycles. The topological polar surface area (TPSA) is 99.3 Å². The standard InChI is InChI=1S/C18H16Cl2N4O3S/c19-12-6-2-1-5-11(12)17(27)22-18(28)24-23-16(26)10-9-15(25)21-14-8-4-3-7-13(14)20/h1-8H,9-10H2,(H,21,25)(H,23,26)(H2,22,24,27,28). The van der Waals surface area contributed by atoms with Gasteiger partial charge in [-0.3, -0.25) is 30.6 Å². The molecule has 28 heavy (non-hydrogen) atoms. The van der Waals surface area contributed by atoms with Crippen LogP contribution in [0.25, 0.3) is 0 Å². The van der Waals surface area contributed by atoms with Gasteiger partial charge >= 0.3 is 0 Å². The number of hydrogen-bond donors (Lipinski definition) is 4. The van der Waals surface area contributed by atoms with E-state index in [1.165, 1.54) is 6.07 Å². The second-order valence-electron chi connectivity index (χ2n) is 5.46. The van der Waals surface area contributed by atoms with E-state index in [2.05, 4.69) is 21.5 Å². The van der Waals surface area contributed by atoms with Crippen LogP contribution in [0.2, 0.25) is 10.0 Å². The minimum Gasteiger partial charge on any atom is -0.325 e. The SMILES string of the molecule is O=C(CCC(=O)Nc1ccccc1Cl)NNC(=S)NC(=O)c1ccccc1Cl. The molecule has 10 heteroatoms. The zero-order valence-corrected chi connectivity index (χ0v) is 16.8. The number of hydrazine groups is 1. The second-order valence-corrected chi connectivity index (χ2v) is 6.69. The van der Waals surface area contributed by atoms with Gasteiger partial charge in [-0.2, -0.15) is 0 Å². The highest BCUT2D eigenvalue weighted by atomic mass is 35.5. The van der Waals surface area contributed by atoms with E-state index in [9.17, 15) is 14.4 Å². The molecule has 0 radical (unpaired) electrons. The highest BCUT2D eigenvalue weighted by Gasteiger charge is 2.12. The largest absolute Gasteiger partial charge is 0.325 e. The normalized spacial score (nSPS) is 9.93. The molecule has 0 aromatic heterocycles. The summed E-state index contributed by atoms with van der Waals surface area (Å²) in [7, 11) is 0. The molecule has 0 saturated carbocycles. The molecule has 3 amide bonds. The first-order valence-corrected chi connectivity index (χ1v) is 9.22. The predicted octanol–water partition coefficient (Wildman–Crippen LogP) is 3.05. The van der Waals surface area contributed by atoms with Crippen LogP contribution in [-0.2, 0) is 9.59 Å². The number of halogens is 2. The van der Waals surface area contributed by atoms with Gasteiger partial charge in [-0.25, -0.2) is 0 Å². The molecular formula is C18H16Cl2N4O3S. The number of anilines is 1. The molecule has 0 aliphatic rings. The Hall–Kier alpha value is -2.68. The molecule has 2 aromatic carbocycles. The smallest absolute Gasteiger partial charge is 0.258 e. The lowest BCUT2D eigenvalue weighted by Gasteiger charge is -2.11. The van der Waals surface area contributed by atoms with Crippen LogP contribution in [0.4, 0.5) is 5.69 Å². The van der Waals surface area contributed by atoms with E-state index < -0.39 is 11.8 Å². The van der Waals surface area contributed by atoms with Crippen molar-refractivity contribution in [2.75, 3.05) is 5.32 Å². The van der Waals surface area contributed by atoms with E-state index in [0.717, 1.165) is 0 Å². The molecule has 146 valence electrons. The Morgan fingerprint density at radius 1 is 0.821 bits per heavy atom. The lowest BCUT2D eigenvalue weighted by Crippen LogP contribution is -2.48. The first-order chi connectivity index (χ1) is 13.4. The zero-order chi connectivity index (χ0) is 20.5. The zero-order valence-electron chi connectivity index (χ0n) is 14.4. The van der Waals surface area contributed by atoms with E-state index in [-0.39, 0.29) is 34.4 Å². The van der Waals surface area contributed by atoms with Gasteiger partial charge in [-0.15, -0.1) is 0 Å². The molecule has 0 atom stereocenters. The van der Waals surface area contributed by atoms with Crippen LogP contribution in [0.15, 0.2) is 48.5 Å².